The second-order valence-electron chi connectivity index (χ2n) is 6.46. The molecule has 0 spiro atoms. The molecule has 2 heterocycles. The lowest BCUT2D eigenvalue weighted by Gasteiger charge is -2.07. The number of nitrogens with zero attached hydrogens (tertiary/aromatic N) is 3. The number of aromatic nitrogens is 3. The standard InChI is InChI=1S/C22H16ClFN4O/c1-14-11-16(23)4-9-19(14)26-22(29)20-12-21(15-3-2-10-25-13-15)28(27-20)18-7-5-17(24)6-8-18/h2-13H,1H3,(H,26,29). The van der Waals surface area contributed by atoms with Gasteiger partial charge in [-0.25, -0.2) is 9.07 Å². The van der Waals surface area contributed by atoms with Gasteiger partial charge in [-0.2, -0.15) is 5.10 Å². The summed E-state index contributed by atoms with van der Waals surface area (Å²) in [5.74, 6) is -0.707. The van der Waals surface area contributed by atoms with Crippen LogP contribution in [0.3, 0.4) is 0 Å². The Morgan fingerprint density at radius 2 is 1.90 bits per heavy atom. The average Bonchev–Trinajstić information content (AvgIpc) is 3.17. The highest BCUT2D eigenvalue weighted by molar-refractivity contribution is 6.30. The van der Waals surface area contributed by atoms with E-state index in [1.807, 2.05) is 13.0 Å². The van der Waals surface area contributed by atoms with Crippen molar-refractivity contribution in [2.24, 2.45) is 0 Å². The summed E-state index contributed by atoms with van der Waals surface area (Å²) in [5, 5.41) is 7.91. The van der Waals surface area contributed by atoms with Gasteiger partial charge in [0.1, 0.15) is 5.82 Å². The molecule has 4 rings (SSSR count). The SMILES string of the molecule is Cc1cc(Cl)ccc1NC(=O)c1cc(-c2cccnc2)n(-c2ccc(F)cc2)n1. The van der Waals surface area contributed by atoms with E-state index in [1.54, 1.807) is 59.5 Å². The highest BCUT2D eigenvalue weighted by Crippen LogP contribution is 2.25. The van der Waals surface area contributed by atoms with Crippen molar-refractivity contribution in [1.29, 1.82) is 0 Å². The lowest BCUT2D eigenvalue weighted by Crippen LogP contribution is -2.14. The Morgan fingerprint density at radius 3 is 2.59 bits per heavy atom. The molecule has 0 aliphatic carbocycles. The molecule has 0 saturated heterocycles. The predicted molar refractivity (Wildman–Crippen MR) is 111 cm³/mol. The molecule has 0 bridgehead atoms. The van der Waals surface area contributed by atoms with Crippen molar-refractivity contribution < 1.29 is 9.18 Å². The van der Waals surface area contributed by atoms with Crippen LogP contribution < -0.4 is 5.32 Å². The van der Waals surface area contributed by atoms with E-state index in [-0.39, 0.29) is 17.4 Å². The van der Waals surface area contributed by atoms with Gasteiger partial charge in [0.05, 0.1) is 11.4 Å². The molecular formula is C22H16ClFN4O. The molecule has 1 amide bonds. The van der Waals surface area contributed by atoms with E-state index in [9.17, 15) is 9.18 Å². The first-order chi connectivity index (χ1) is 14.0. The van der Waals surface area contributed by atoms with E-state index in [2.05, 4.69) is 15.4 Å². The van der Waals surface area contributed by atoms with Gasteiger partial charge in [0.2, 0.25) is 0 Å². The van der Waals surface area contributed by atoms with Gasteiger partial charge < -0.3 is 5.32 Å². The molecule has 29 heavy (non-hydrogen) atoms. The first-order valence-corrected chi connectivity index (χ1v) is 9.23. The summed E-state index contributed by atoms with van der Waals surface area (Å²) >= 11 is 5.98. The Bertz CT molecular complexity index is 1170. The fraction of sp³-hybridized carbons (Fsp3) is 0.0455. The molecule has 2 aromatic heterocycles. The topological polar surface area (TPSA) is 59.8 Å². The highest BCUT2D eigenvalue weighted by Gasteiger charge is 2.18. The number of pyridine rings is 1. The lowest BCUT2D eigenvalue weighted by atomic mass is 10.1. The molecule has 0 aliphatic rings. The van der Waals surface area contributed by atoms with Gasteiger partial charge in [-0.1, -0.05) is 11.6 Å². The summed E-state index contributed by atoms with van der Waals surface area (Å²) in [6.45, 7) is 1.86. The predicted octanol–water partition coefficient (Wildman–Crippen LogP) is 5.29. The maximum absolute atomic E-state index is 13.4. The molecule has 0 fully saturated rings. The van der Waals surface area contributed by atoms with E-state index in [0.717, 1.165) is 11.1 Å². The third-order valence-electron chi connectivity index (χ3n) is 4.41. The molecule has 0 aliphatic heterocycles. The molecular weight excluding hydrogens is 391 g/mol. The van der Waals surface area contributed by atoms with Crippen LogP contribution >= 0.6 is 11.6 Å². The number of halogens is 2. The second kappa shape index (κ2) is 7.85. The number of hydrogen-bond donors (Lipinski definition) is 1. The van der Waals surface area contributed by atoms with Gasteiger partial charge in [-0.05, 0) is 73.2 Å². The summed E-state index contributed by atoms with van der Waals surface area (Å²) < 4.78 is 15.0. The maximum atomic E-state index is 13.4. The number of hydrogen-bond acceptors (Lipinski definition) is 3. The number of carbonyl (C=O) groups excluding carboxylic acids is 1. The molecule has 144 valence electrons. The number of rotatable bonds is 4. The summed E-state index contributed by atoms with van der Waals surface area (Å²) in [4.78, 5) is 17.0. The first-order valence-electron chi connectivity index (χ1n) is 8.85. The summed E-state index contributed by atoms with van der Waals surface area (Å²) in [5.41, 5.74) is 3.80. The van der Waals surface area contributed by atoms with Crippen LogP contribution in [0.15, 0.2) is 73.1 Å². The number of aryl methyl sites for hydroxylation is 1. The van der Waals surface area contributed by atoms with Crippen molar-refractivity contribution in [2.75, 3.05) is 5.32 Å². The number of amides is 1. The van der Waals surface area contributed by atoms with Crippen molar-refractivity contribution in [3.63, 3.8) is 0 Å². The molecule has 2 aromatic carbocycles. The van der Waals surface area contributed by atoms with Crippen molar-refractivity contribution in [3.8, 4) is 16.9 Å². The molecule has 0 atom stereocenters. The fourth-order valence-corrected chi connectivity index (χ4v) is 3.17. The fourth-order valence-electron chi connectivity index (χ4n) is 2.94. The van der Waals surface area contributed by atoms with Crippen LogP contribution in [0.25, 0.3) is 16.9 Å². The number of carbonyl (C=O) groups is 1. The minimum atomic E-state index is -0.360. The monoisotopic (exact) mass is 406 g/mol. The Hall–Kier alpha value is -3.51. The lowest BCUT2D eigenvalue weighted by molar-refractivity contribution is 0.102. The number of anilines is 1. The highest BCUT2D eigenvalue weighted by atomic mass is 35.5. The van der Waals surface area contributed by atoms with Gasteiger partial charge in [-0.15, -0.1) is 0 Å². The van der Waals surface area contributed by atoms with E-state index in [1.165, 1.54) is 12.1 Å². The minimum Gasteiger partial charge on any atom is -0.320 e. The summed E-state index contributed by atoms with van der Waals surface area (Å²) in [6.07, 6.45) is 3.35. The quantitative estimate of drug-likeness (QED) is 0.501. The van der Waals surface area contributed by atoms with Crippen LogP contribution in [-0.2, 0) is 0 Å². The van der Waals surface area contributed by atoms with Crippen LogP contribution in [0.4, 0.5) is 10.1 Å². The molecule has 4 aromatic rings. The molecule has 5 nitrogen and oxygen atoms in total. The van der Waals surface area contributed by atoms with E-state index < -0.39 is 0 Å². The van der Waals surface area contributed by atoms with Crippen LogP contribution in [0.2, 0.25) is 5.02 Å². The van der Waals surface area contributed by atoms with Gasteiger partial charge >= 0.3 is 0 Å². The number of nitrogens with one attached hydrogen (secondary N) is 1. The smallest absolute Gasteiger partial charge is 0.276 e. The van der Waals surface area contributed by atoms with E-state index in [0.29, 0.717) is 22.1 Å². The van der Waals surface area contributed by atoms with Crippen LogP contribution in [0, 0.1) is 12.7 Å². The second-order valence-corrected chi connectivity index (χ2v) is 6.89. The van der Waals surface area contributed by atoms with Crippen LogP contribution in [0.1, 0.15) is 16.1 Å². The Kier molecular flexibility index (Phi) is 5.10. The van der Waals surface area contributed by atoms with Gasteiger partial charge in [0.15, 0.2) is 5.69 Å². The van der Waals surface area contributed by atoms with Gasteiger partial charge in [0.25, 0.3) is 5.91 Å². The van der Waals surface area contributed by atoms with Gasteiger partial charge in [0, 0.05) is 28.7 Å². The molecule has 0 radical (unpaired) electrons. The molecule has 1 N–H and O–H groups in total. The van der Waals surface area contributed by atoms with Crippen molar-refractivity contribution >= 4 is 23.2 Å². The third-order valence-corrected chi connectivity index (χ3v) is 4.64. The van der Waals surface area contributed by atoms with Crippen molar-refractivity contribution in [3.05, 3.63) is 95.2 Å². The Labute approximate surface area is 171 Å². The molecule has 0 saturated carbocycles. The normalized spacial score (nSPS) is 10.7. The van der Waals surface area contributed by atoms with Crippen LogP contribution in [-0.4, -0.2) is 20.7 Å². The number of benzene rings is 2. The van der Waals surface area contributed by atoms with E-state index >= 15 is 0 Å². The summed E-state index contributed by atoms with van der Waals surface area (Å²) in [7, 11) is 0. The third kappa shape index (κ3) is 4.02. The maximum Gasteiger partial charge on any atom is 0.276 e. The van der Waals surface area contributed by atoms with Gasteiger partial charge in [-0.3, -0.25) is 9.78 Å². The zero-order chi connectivity index (χ0) is 20.4. The van der Waals surface area contributed by atoms with Crippen LogP contribution in [0.5, 0.6) is 0 Å². The summed E-state index contributed by atoms with van der Waals surface area (Å²) in [6, 6.07) is 16.5. The molecule has 0 unspecified atom stereocenters. The van der Waals surface area contributed by atoms with E-state index in [4.69, 9.17) is 11.6 Å². The first kappa shape index (κ1) is 18.8. The van der Waals surface area contributed by atoms with Crippen molar-refractivity contribution in [1.82, 2.24) is 14.8 Å². The average molecular weight is 407 g/mol. The zero-order valence-corrected chi connectivity index (χ0v) is 16.2. The zero-order valence-electron chi connectivity index (χ0n) is 15.4. The van der Waals surface area contributed by atoms with Crippen molar-refractivity contribution in [2.45, 2.75) is 6.92 Å². The Morgan fingerprint density at radius 1 is 1.10 bits per heavy atom. The Balaban J connectivity index is 1.74. The minimum absolute atomic E-state index is 0.225. The largest absolute Gasteiger partial charge is 0.320 e. The molecule has 7 heteroatoms.